The first-order chi connectivity index (χ1) is 13.3. The van der Waals surface area contributed by atoms with Gasteiger partial charge >= 0.3 is 0 Å². The Balaban J connectivity index is 1.52. The quantitative estimate of drug-likeness (QED) is 0.720. The number of nitrogen functional groups attached to an aromatic ring is 1. The highest BCUT2D eigenvalue weighted by molar-refractivity contribution is 5.91. The summed E-state index contributed by atoms with van der Waals surface area (Å²) in [6.45, 7) is 7.18. The van der Waals surface area contributed by atoms with Crippen LogP contribution >= 0.6 is 0 Å². The molecule has 4 aliphatic carbocycles. The molecule has 5 atom stereocenters. The summed E-state index contributed by atoms with van der Waals surface area (Å²) in [6, 6.07) is 2.06. The summed E-state index contributed by atoms with van der Waals surface area (Å²) in [7, 11) is 0. The summed E-state index contributed by atoms with van der Waals surface area (Å²) in [5.41, 5.74) is 12.6. The van der Waals surface area contributed by atoms with Gasteiger partial charge in [-0.1, -0.05) is 44.1 Å². The number of rotatable bonds is 1. The van der Waals surface area contributed by atoms with Crippen molar-refractivity contribution in [2.45, 2.75) is 52.9 Å². The summed E-state index contributed by atoms with van der Waals surface area (Å²) in [4.78, 5) is 16.4. The van der Waals surface area contributed by atoms with Crippen LogP contribution in [0.3, 0.4) is 0 Å². The number of allylic oxidation sites excluding steroid dienone is 6. The number of ketones is 1. The minimum absolute atomic E-state index is 0.0818. The van der Waals surface area contributed by atoms with Gasteiger partial charge in [-0.05, 0) is 72.1 Å². The van der Waals surface area contributed by atoms with Gasteiger partial charge in [0.25, 0.3) is 0 Å². The lowest BCUT2D eigenvalue weighted by Gasteiger charge is -2.57. The minimum Gasteiger partial charge on any atom is -0.397 e. The topological polar surface area (TPSA) is 56.0 Å². The molecule has 5 rings (SSSR count). The Kier molecular flexibility index (Phi) is 3.78. The molecule has 2 fully saturated rings. The number of hydrogen-bond donors (Lipinski definition) is 1. The van der Waals surface area contributed by atoms with E-state index in [1.165, 1.54) is 17.6 Å². The Morgan fingerprint density at radius 2 is 1.96 bits per heavy atom. The summed E-state index contributed by atoms with van der Waals surface area (Å²) in [5, 5.41) is 0. The number of pyridine rings is 1. The average molecular weight is 375 g/mol. The SMILES string of the molecule is CC1CC2C3=CC=C(c4cncc(N)c4)C3(C)CCC2C2(C)CCC(=O)C=C12. The van der Waals surface area contributed by atoms with Crippen molar-refractivity contribution in [3.8, 4) is 0 Å². The van der Waals surface area contributed by atoms with Crippen molar-refractivity contribution < 1.29 is 4.79 Å². The molecule has 1 aromatic rings. The Morgan fingerprint density at radius 1 is 1.14 bits per heavy atom. The summed E-state index contributed by atoms with van der Waals surface area (Å²) in [5.74, 6) is 2.06. The van der Waals surface area contributed by atoms with Crippen molar-refractivity contribution in [1.82, 2.24) is 4.98 Å². The Labute approximate surface area is 167 Å². The highest BCUT2D eigenvalue weighted by Crippen LogP contribution is 2.66. The number of fused-ring (bicyclic) bond motifs is 5. The van der Waals surface area contributed by atoms with Gasteiger partial charge < -0.3 is 5.73 Å². The molecule has 1 heterocycles. The second-order valence-electron chi connectivity index (χ2n) is 9.91. The van der Waals surface area contributed by atoms with Crippen LogP contribution in [0, 0.1) is 28.6 Å². The molecule has 0 saturated heterocycles. The predicted octanol–water partition coefficient (Wildman–Crippen LogP) is 5.36. The van der Waals surface area contributed by atoms with Gasteiger partial charge in [0, 0.05) is 24.2 Å². The van der Waals surface area contributed by atoms with E-state index < -0.39 is 0 Å². The van der Waals surface area contributed by atoms with E-state index in [1.54, 1.807) is 11.8 Å². The van der Waals surface area contributed by atoms with E-state index in [9.17, 15) is 4.79 Å². The zero-order valence-electron chi connectivity index (χ0n) is 17.2. The fourth-order valence-corrected chi connectivity index (χ4v) is 6.99. The molecular weight excluding hydrogens is 344 g/mol. The maximum Gasteiger partial charge on any atom is 0.155 e. The van der Waals surface area contributed by atoms with Gasteiger partial charge in [0.1, 0.15) is 0 Å². The third kappa shape index (κ3) is 2.34. The first-order valence-electron chi connectivity index (χ1n) is 10.7. The fraction of sp³-hybridized carbons (Fsp3) is 0.520. The van der Waals surface area contributed by atoms with Crippen molar-refractivity contribution in [3.63, 3.8) is 0 Å². The van der Waals surface area contributed by atoms with Crippen molar-refractivity contribution in [1.29, 1.82) is 0 Å². The lowest BCUT2D eigenvalue weighted by molar-refractivity contribution is -0.116. The molecule has 0 bridgehead atoms. The van der Waals surface area contributed by atoms with Crippen LogP contribution < -0.4 is 5.73 Å². The molecule has 0 aliphatic heterocycles. The van der Waals surface area contributed by atoms with Gasteiger partial charge in [0.05, 0.1) is 5.69 Å². The van der Waals surface area contributed by atoms with E-state index in [4.69, 9.17) is 5.73 Å². The number of hydrogen-bond acceptors (Lipinski definition) is 3. The summed E-state index contributed by atoms with van der Waals surface area (Å²) >= 11 is 0. The van der Waals surface area contributed by atoms with Crippen LogP contribution in [-0.2, 0) is 4.79 Å². The molecule has 0 amide bonds. The van der Waals surface area contributed by atoms with Gasteiger partial charge in [-0.3, -0.25) is 9.78 Å². The van der Waals surface area contributed by atoms with E-state index in [2.05, 4.69) is 44.0 Å². The molecule has 2 N–H and O–H groups in total. The lowest BCUT2D eigenvalue weighted by Crippen LogP contribution is -2.49. The van der Waals surface area contributed by atoms with Gasteiger partial charge in [-0.25, -0.2) is 0 Å². The molecule has 0 radical (unpaired) electrons. The molecule has 0 aromatic carbocycles. The smallest absolute Gasteiger partial charge is 0.155 e. The van der Waals surface area contributed by atoms with Crippen LogP contribution in [0.2, 0.25) is 0 Å². The zero-order chi connectivity index (χ0) is 19.7. The molecule has 146 valence electrons. The van der Waals surface area contributed by atoms with Gasteiger partial charge in [-0.2, -0.15) is 0 Å². The third-order valence-corrected chi connectivity index (χ3v) is 8.40. The van der Waals surface area contributed by atoms with E-state index >= 15 is 0 Å². The van der Waals surface area contributed by atoms with Crippen molar-refractivity contribution in [2.75, 3.05) is 5.73 Å². The van der Waals surface area contributed by atoms with Crippen molar-refractivity contribution in [3.05, 3.63) is 53.4 Å². The highest BCUT2D eigenvalue weighted by Gasteiger charge is 2.56. The largest absolute Gasteiger partial charge is 0.397 e. The highest BCUT2D eigenvalue weighted by atomic mass is 16.1. The standard InChI is InChI=1S/C25H30N2O/c1-15-10-19-21-5-4-20(16-11-17(26)14-27-13-16)24(21,2)9-7-22(19)25(3)8-6-18(28)12-23(15)25/h4-5,11-15,19,22H,6-10,26H2,1-3H3. The van der Waals surface area contributed by atoms with Crippen molar-refractivity contribution >= 4 is 17.0 Å². The predicted molar refractivity (Wildman–Crippen MR) is 113 cm³/mol. The minimum atomic E-state index is 0.0818. The molecule has 3 nitrogen and oxygen atoms in total. The number of carbonyl (C=O) groups is 1. The van der Waals surface area contributed by atoms with E-state index in [0.717, 1.165) is 30.5 Å². The Hall–Kier alpha value is -2.16. The lowest BCUT2D eigenvalue weighted by atomic mass is 9.46. The van der Waals surface area contributed by atoms with Crippen molar-refractivity contribution in [2.24, 2.45) is 28.6 Å². The van der Waals surface area contributed by atoms with E-state index in [-0.39, 0.29) is 10.8 Å². The molecule has 28 heavy (non-hydrogen) atoms. The summed E-state index contributed by atoms with van der Waals surface area (Å²) < 4.78 is 0. The monoisotopic (exact) mass is 374 g/mol. The normalized spacial score (nSPS) is 39.3. The average Bonchev–Trinajstić information content (AvgIpc) is 3.01. The molecule has 2 saturated carbocycles. The first kappa shape index (κ1) is 17.9. The van der Waals surface area contributed by atoms with Gasteiger partial charge in [0.15, 0.2) is 5.78 Å². The van der Waals surface area contributed by atoms with Crippen LogP contribution in [0.25, 0.3) is 5.57 Å². The van der Waals surface area contributed by atoms with Gasteiger partial charge in [-0.15, -0.1) is 0 Å². The second kappa shape index (κ2) is 5.92. The van der Waals surface area contributed by atoms with E-state index in [1.807, 2.05) is 12.3 Å². The Morgan fingerprint density at radius 3 is 2.75 bits per heavy atom. The molecule has 4 aliphatic rings. The first-order valence-corrected chi connectivity index (χ1v) is 10.7. The number of nitrogens with zero attached hydrogens (tertiary/aromatic N) is 1. The molecular formula is C25H30N2O. The summed E-state index contributed by atoms with van der Waals surface area (Å²) in [6.07, 6.45) is 15.7. The second-order valence-corrected chi connectivity index (χ2v) is 9.91. The maximum atomic E-state index is 12.1. The maximum absolute atomic E-state index is 12.1. The number of anilines is 1. The molecule has 3 heteroatoms. The number of carbonyl (C=O) groups excluding carboxylic acids is 1. The van der Waals surface area contributed by atoms with E-state index in [0.29, 0.717) is 30.0 Å². The van der Waals surface area contributed by atoms with Crippen LogP contribution in [-0.4, -0.2) is 10.8 Å². The zero-order valence-corrected chi connectivity index (χ0v) is 17.2. The Bertz CT molecular complexity index is 955. The van der Waals surface area contributed by atoms with Gasteiger partial charge in [0.2, 0.25) is 0 Å². The third-order valence-electron chi connectivity index (χ3n) is 8.40. The number of nitrogens with two attached hydrogens (primary N) is 1. The fourth-order valence-electron chi connectivity index (χ4n) is 6.99. The van der Waals surface area contributed by atoms with Crippen LogP contribution in [0.4, 0.5) is 5.69 Å². The molecule has 1 aromatic heterocycles. The molecule has 5 unspecified atom stereocenters. The van der Waals surface area contributed by atoms with Crippen LogP contribution in [0.15, 0.2) is 47.8 Å². The molecule has 0 spiro atoms. The van der Waals surface area contributed by atoms with Crippen LogP contribution in [0.5, 0.6) is 0 Å². The van der Waals surface area contributed by atoms with Crippen LogP contribution in [0.1, 0.15) is 58.4 Å². The number of aromatic nitrogens is 1.